The molecule has 0 aliphatic rings. The van der Waals surface area contributed by atoms with E-state index in [-0.39, 0.29) is 5.90 Å². The third-order valence-electron chi connectivity index (χ3n) is 2.64. The molecule has 0 amide bonds. The van der Waals surface area contributed by atoms with Crippen molar-refractivity contribution in [3.8, 4) is 0 Å². The molecule has 0 N–H and O–H groups in total. The number of hydrogen-bond donors (Lipinski definition) is 0. The maximum atomic E-state index is 5.96. The van der Waals surface area contributed by atoms with E-state index in [0.717, 1.165) is 5.30 Å². The molecule has 22 heavy (non-hydrogen) atoms. The first-order valence-corrected chi connectivity index (χ1v) is 9.35. The molecular formula is C15H17N2O3PS. The topological polar surface area (TPSA) is 52.9 Å². The summed E-state index contributed by atoms with van der Waals surface area (Å²) in [6.45, 7) is -0.425. The normalized spacial score (nSPS) is 14.2. The molecule has 7 heteroatoms. The van der Waals surface area contributed by atoms with Gasteiger partial charge in [0.1, 0.15) is 12.8 Å². The van der Waals surface area contributed by atoms with Crippen LogP contribution in [0.15, 0.2) is 59.9 Å². The fourth-order valence-electron chi connectivity index (χ4n) is 1.73. The number of pyridine rings is 1. The number of nitrogens with zero attached hydrogens (tertiary/aromatic N) is 2. The molecule has 0 saturated carbocycles. The molecule has 0 spiro atoms. The summed E-state index contributed by atoms with van der Waals surface area (Å²) in [4.78, 5) is 9.07. The van der Waals surface area contributed by atoms with Gasteiger partial charge in [0.2, 0.25) is 0 Å². The van der Waals surface area contributed by atoms with E-state index in [1.165, 1.54) is 7.11 Å². The second kappa shape index (κ2) is 8.03. The summed E-state index contributed by atoms with van der Waals surface area (Å²) in [6, 6.07) is 14.9. The smallest absolute Gasteiger partial charge is 0.281 e. The zero-order valence-corrected chi connectivity index (χ0v) is 14.1. The number of benzene rings is 1. The number of hydrogen-bond acceptors (Lipinski definition) is 6. The van der Waals surface area contributed by atoms with E-state index < -0.39 is 6.49 Å². The van der Waals surface area contributed by atoms with Crippen molar-refractivity contribution in [3.63, 3.8) is 0 Å². The molecule has 0 radical (unpaired) electrons. The first kappa shape index (κ1) is 16.6. The second-order valence-electron chi connectivity index (χ2n) is 4.14. The van der Waals surface area contributed by atoms with Crippen molar-refractivity contribution < 1.29 is 13.9 Å². The van der Waals surface area contributed by atoms with Crippen LogP contribution in [-0.2, 0) is 25.7 Å². The summed E-state index contributed by atoms with van der Waals surface area (Å²) in [5, 5.41) is 4.71. The molecular weight excluding hydrogens is 319 g/mol. The molecule has 0 fully saturated rings. The van der Waals surface area contributed by atoms with Gasteiger partial charge in [0.15, 0.2) is 0 Å². The van der Waals surface area contributed by atoms with Crippen LogP contribution in [0.4, 0.5) is 0 Å². The highest BCUT2D eigenvalue weighted by Crippen LogP contribution is 2.48. The Morgan fingerprint density at radius 2 is 1.91 bits per heavy atom. The average Bonchev–Trinajstić information content (AvgIpc) is 2.56. The third kappa shape index (κ3) is 4.13. The predicted molar refractivity (Wildman–Crippen MR) is 90.9 cm³/mol. The van der Waals surface area contributed by atoms with Crippen LogP contribution in [0, 0.1) is 0 Å². The van der Waals surface area contributed by atoms with Gasteiger partial charge in [-0.05, 0) is 48.2 Å². The van der Waals surface area contributed by atoms with Crippen LogP contribution in [0.2, 0.25) is 0 Å². The lowest BCUT2D eigenvalue weighted by Crippen LogP contribution is -2.16. The summed E-state index contributed by atoms with van der Waals surface area (Å²) >= 11 is 5.66. The highest BCUT2D eigenvalue weighted by Gasteiger charge is 2.26. The van der Waals surface area contributed by atoms with Gasteiger partial charge in [-0.25, -0.2) is 0 Å². The molecule has 1 unspecified atom stereocenters. The van der Waals surface area contributed by atoms with Gasteiger partial charge in [0, 0.05) is 11.5 Å². The van der Waals surface area contributed by atoms with E-state index in [0.29, 0.717) is 12.3 Å². The van der Waals surface area contributed by atoms with Gasteiger partial charge in [-0.15, -0.1) is 0 Å². The lowest BCUT2D eigenvalue weighted by atomic mass is 10.3. The molecule has 0 aliphatic heterocycles. The predicted octanol–water partition coefficient (Wildman–Crippen LogP) is 3.08. The van der Waals surface area contributed by atoms with Crippen molar-refractivity contribution >= 4 is 29.5 Å². The second-order valence-corrected chi connectivity index (χ2v) is 7.53. The standard InChI is InChI=1S/C15H17N2O3PS/c1-3-19-21(22,13-9-5-4-6-10-13)20-15(17-18-2)14-11-7-8-12-16-14/h4-12H,3H2,1-2H3. The van der Waals surface area contributed by atoms with Crippen LogP contribution < -0.4 is 5.30 Å². The molecule has 116 valence electrons. The Balaban J connectivity index is 2.37. The minimum atomic E-state index is -2.74. The molecule has 5 nitrogen and oxygen atoms in total. The Morgan fingerprint density at radius 3 is 2.50 bits per heavy atom. The molecule has 1 heterocycles. The van der Waals surface area contributed by atoms with Gasteiger partial charge in [-0.2, -0.15) is 0 Å². The Morgan fingerprint density at radius 1 is 1.18 bits per heavy atom. The van der Waals surface area contributed by atoms with Gasteiger partial charge in [0.05, 0.1) is 6.61 Å². The molecule has 1 aromatic heterocycles. The number of rotatable bonds is 6. The van der Waals surface area contributed by atoms with Crippen LogP contribution in [0.5, 0.6) is 0 Å². The van der Waals surface area contributed by atoms with E-state index in [4.69, 9.17) is 25.7 Å². The zero-order valence-electron chi connectivity index (χ0n) is 12.4. The molecule has 0 aliphatic carbocycles. The number of oxime groups is 1. The Bertz CT molecular complexity index is 665. The van der Waals surface area contributed by atoms with Crippen molar-refractivity contribution in [2.24, 2.45) is 5.16 Å². The maximum Gasteiger partial charge on any atom is 0.281 e. The molecule has 0 bridgehead atoms. The van der Waals surface area contributed by atoms with Crippen molar-refractivity contribution in [3.05, 3.63) is 60.4 Å². The van der Waals surface area contributed by atoms with Crippen LogP contribution in [0.1, 0.15) is 12.6 Å². The van der Waals surface area contributed by atoms with E-state index in [9.17, 15) is 0 Å². The summed E-state index contributed by atoms with van der Waals surface area (Å²) in [5.41, 5.74) is 0.536. The summed E-state index contributed by atoms with van der Waals surface area (Å²) in [5.74, 6) is 0.212. The molecule has 2 rings (SSSR count). The first-order chi connectivity index (χ1) is 10.7. The van der Waals surface area contributed by atoms with Gasteiger partial charge >= 0.3 is 0 Å². The minimum absolute atomic E-state index is 0.212. The van der Waals surface area contributed by atoms with Crippen LogP contribution in [0.3, 0.4) is 0 Å². The van der Waals surface area contributed by atoms with Crippen molar-refractivity contribution in [1.82, 2.24) is 4.98 Å². The fraction of sp³-hybridized carbons (Fsp3) is 0.200. The van der Waals surface area contributed by atoms with E-state index in [1.807, 2.05) is 49.4 Å². The van der Waals surface area contributed by atoms with Crippen LogP contribution in [-0.4, -0.2) is 24.6 Å². The van der Waals surface area contributed by atoms with E-state index in [2.05, 4.69) is 10.1 Å². The monoisotopic (exact) mass is 336 g/mol. The van der Waals surface area contributed by atoms with Crippen LogP contribution >= 0.6 is 6.49 Å². The molecule has 1 aromatic carbocycles. The molecule has 1 atom stereocenters. The van der Waals surface area contributed by atoms with Crippen molar-refractivity contribution in [1.29, 1.82) is 0 Å². The van der Waals surface area contributed by atoms with Gasteiger partial charge in [0.25, 0.3) is 12.4 Å². The SMILES string of the molecule is CCOP(=S)(OC(=NOC)c1ccccn1)c1ccccc1. The quantitative estimate of drug-likeness (QED) is 0.351. The van der Waals surface area contributed by atoms with Gasteiger partial charge in [-0.1, -0.05) is 24.3 Å². The highest BCUT2D eigenvalue weighted by atomic mass is 32.5. The Hall–Kier alpha value is -1.75. The average molecular weight is 336 g/mol. The largest absolute Gasteiger partial charge is 0.417 e. The lowest BCUT2D eigenvalue weighted by molar-refractivity contribution is 0.205. The van der Waals surface area contributed by atoms with E-state index in [1.54, 1.807) is 12.3 Å². The van der Waals surface area contributed by atoms with Crippen LogP contribution in [0.25, 0.3) is 0 Å². The summed E-state index contributed by atoms with van der Waals surface area (Å²) in [6.07, 6.45) is 1.65. The van der Waals surface area contributed by atoms with Gasteiger partial charge in [-0.3, -0.25) is 4.98 Å². The minimum Gasteiger partial charge on any atom is -0.417 e. The van der Waals surface area contributed by atoms with Crippen molar-refractivity contribution in [2.75, 3.05) is 13.7 Å². The Kier molecular flexibility index (Phi) is 6.07. The van der Waals surface area contributed by atoms with E-state index >= 15 is 0 Å². The van der Waals surface area contributed by atoms with Crippen molar-refractivity contribution in [2.45, 2.75) is 6.92 Å². The Labute approximate surface area is 135 Å². The summed E-state index contributed by atoms with van der Waals surface area (Å²) in [7, 11) is 1.44. The molecule has 0 saturated heterocycles. The summed E-state index contributed by atoms with van der Waals surface area (Å²) < 4.78 is 11.7. The zero-order chi connectivity index (χ0) is 15.8. The fourth-order valence-corrected chi connectivity index (χ4v) is 4.16. The number of aromatic nitrogens is 1. The third-order valence-corrected chi connectivity index (χ3v) is 5.75. The maximum absolute atomic E-state index is 5.96. The molecule has 2 aromatic rings. The highest BCUT2D eigenvalue weighted by molar-refractivity contribution is 8.13. The first-order valence-electron chi connectivity index (χ1n) is 6.72. The lowest BCUT2D eigenvalue weighted by Gasteiger charge is -2.22. The van der Waals surface area contributed by atoms with Gasteiger partial charge < -0.3 is 13.9 Å².